The Balaban J connectivity index is 1.54. The molecule has 0 saturated carbocycles. The molecule has 25 heavy (non-hydrogen) atoms. The Morgan fingerprint density at radius 2 is 0.920 bits per heavy atom. The Labute approximate surface area is 151 Å². The van der Waals surface area contributed by atoms with Gasteiger partial charge in [0.05, 0.1) is 26.4 Å². The molecule has 1 aliphatic heterocycles. The van der Waals surface area contributed by atoms with Crippen molar-refractivity contribution < 1.29 is 28.4 Å². The van der Waals surface area contributed by atoms with Crippen LogP contribution in [0, 0.1) is 0 Å². The van der Waals surface area contributed by atoms with Crippen LogP contribution in [-0.2, 0) is 9.47 Å². The van der Waals surface area contributed by atoms with Gasteiger partial charge in [-0.15, -0.1) is 11.3 Å². The number of ether oxygens (including phenoxy) is 6. The smallest absolute Gasteiger partial charge is 0.171 e. The second kappa shape index (κ2) is 10.1. The first-order valence-electron chi connectivity index (χ1n) is 8.25. The molecule has 0 fully saturated rings. The summed E-state index contributed by atoms with van der Waals surface area (Å²) >= 11 is 1.54. The molecule has 6 nitrogen and oxygen atoms in total. The highest BCUT2D eigenvalue weighted by Gasteiger charge is 2.08. The van der Waals surface area contributed by atoms with Gasteiger partial charge >= 0.3 is 0 Å². The first-order chi connectivity index (χ1) is 12.4. The van der Waals surface area contributed by atoms with E-state index in [0.29, 0.717) is 64.4 Å². The van der Waals surface area contributed by atoms with Gasteiger partial charge in [0, 0.05) is 10.8 Å². The lowest BCUT2D eigenvalue weighted by Crippen LogP contribution is -2.15. The van der Waals surface area contributed by atoms with E-state index in [1.807, 2.05) is 35.0 Å². The molecule has 7 heteroatoms. The minimum atomic E-state index is 0.448. The zero-order valence-corrected chi connectivity index (χ0v) is 14.8. The standard InChI is InChI=1S/C18H22O6S/c1-2-4-16-15(3-1)21-9-5-19-7-11-23-17-13-25-14-18(17)24-12-8-20-6-10-22-16/h1-4,13-14H,5-12H2. The molecule has 0 spiro atoms. The van der Waals surface area contributed by atoms with Gasteiger partial charge in [0.25, 0.3) is 0 Å². The lowest BCUT2D eigenvalue weighted by Gasteiger charge is -2.14. The maximum Gasteiger partial charge on any atom is 0.171 e. The Bertz CT molecular complexity index is 578. The van der Waals surface area contributed by atoms with Crippen molar-refractivity contribution >= 4 is 11.3 Å². The van der Waals surface area contributed by atoms with Crippen molar-refractivity contribution in [3.05, 3.63) is 35.0 Å². The van der Waals surface area contributed by atoms with Gasteiger partial charge in [0.1, 0.15) is 26.4 Å². The Morgan fingerprint density at radius 1 is 0.520 bits per heavy atom. The first-order valence-corrected chi connectivity index (χ1v) is 9.19. The zero-order valence-electron chi connectivity index (χ0n) is 14.0. The van der Waals surface area contributed by atoms with Crippen molar-refractivity contribution in [3.8, 4) is 23.0 Å². The number of rotatable bonds is 0. The normalized spacial score (nSPS) is 17.3. The molecule has 0 aliphatic carbocycles. The van der Waals surface area contributed by atoms with Crippen LogP contribution in [0.25, 0.3) is 0 Å². The second-order valence-electron chi connectivity index (χ2n) is 5.17. The summed E-state index contributed by atoms with van der Waals surface area (Å²) in [7, 11) is 0. The fraction of sp³-hybridized carbons (Fsp3) is 0.444. The van der Waals surface area contributed by atoms with Crippen LogP contribution in [0.2, 0.25) is 0 Å². The van der Waals surface area contributed by atoms with Crippen molar-refractivity contribution in [2.75, 3.05) is 52.9 Å². The maximum atomic E-state index is 5.73. The Kier molecular flexibility index (Phi) is 7.23. The lowest BCUT2D eigenvalue weighted by molar-refractivity contribution is 0.0642. The monoisotopic (exact) mass is 366 g/mol. The summed E-state index contributed by atoms with van der Waals surface area (Å²) in [6.45, 7) is 3.75. The van der Waals surface area contributed by atoms with Crippen molar-refractivity contribution in [2.24, 2.45) is 0 Å². The van der Waals surface area contributed by atoms with Crippen molar-refractivity contribution in [1.29, 1.82) is 0 Å². The number of thiophene rings is 1. The van der Waals surface area contributed by atoms with Gasteiger partial charge in [0.15, 0.2) is 23.0 Å². The molecule has 0 atom stereocenters. The van der Waals surface area contributed by atoms with Gasteiger partial charge in [0.2, 0.25) is 0 Å². The van der Waals surface area contributed by atoms with Crippen LogP contribution in [0.15, 0.2) is 35.0 Å². The molecule has 0 bridgehead atoms. The molecule has 136 valence electrons. The van der Waals surface area contributed by atoms with E-state index in [1.165, 1.54) is 11.3 Å². The number of hydrogen-bond acceptors (Lipinski definition) is 7. The molecule has 2 aromatic rings. The average Bonchev–Trinajstić information content (AvgIpc) is 3.08. The third kappa shape index (κ3) is 5.81. The van der Waals surface area contributed by atoms with E-state index >= 15 is 0 Å². The van der Waals surface area contributed by atoms with E-state index in [0.717, 1.165) is 11.5 Å². The zero-order chi connectivity index (χ0) is 17.2. The summed E-state index contributed by atoms with van der Waals surface area (Å²) in [6, 6.07) is 7.58. The van der Waals surface area contributed by atoms with Crippen molar-refractivity contribution in [1.82, 2.24) is 0 Å². The fourth-order valence-corrected chi connectivity index (χ4v) is 2.90. The molecule has 3 rings (SSSR count). The van der Waals surface area contributed by atoms with Crippen LogP contribution < -0.4 is 18.9 Å². The van der Waals surface area contributed by atoms with Crippen molar-refractivity contribution in [2.45, 2.75) is 0 Å². The Hall–Kier alpha value is -1.96. The van der Waals surface area contributed by atoms with E-state index in [1.54, 1.807) is 0 Å². The van der Waals surface area contributed by atoms with Gasteiger partial charge in [-0.25, -0.2) is 0 Å². The summed E-state index contributed by atoms with van der Waals surface area (Å²) in [5, 5.41) is 3.84. The molecule has 1 aromatic heterocycles. The van der Waals surface area contributed by atoms with Gasteiger partial charge < -0.3 is 28.4 Å². The molecule has 1 aromatic carbocycles. The Morgan fingerprint density at radius 3 is 1.36 bits per heavy atom. The molecule has 0 radical (unpaired) electrons. The summed E-state index contributed by atoms with van der Waals surface area (Å²) in [5.74, 6) is 2.89. The number of para-hydroxylation sites is 2. The maximum absolute atomic E-state index is 5.73. The molecule has 0 unspecified atom stereocenters. The van der Waals surface area contributed by atoms with Gasteiger partial charge in [-0.1, -0.05) is 12.1 Å². The highest BCUT2D eigenvalue weighted by molar-refractivity contribution is 7.08. The number of hydrogen-bond donors (Lipinski definition) is 0. The molecule has 0 amide bonds. The van der Waals surface area contributed by atoms with E-state index in [4.69, 9.17) is 28.4 Å². The molecule has 0 saturated heterocycles. The van der Waals surface area contributed by atoms with Gasteiger partial charge in [-0.3, -0.25) is 0 Å². The molecular weight excluding hydrogens is 344 g/mol. The lowest BCUT2D eigenvalue weighted by atomic mass is 10.3. The minimum Gasteiger partial charge on any atom is -0.487 e. The van der Waals surface area contributed by atoms with E-state index in [-0.39, 0.29) is 0 Å². The van der Waals surface area contributed by atoms with Crippen LogP contribution >= 0.6 is 11.3 Å². The predicted octanol–water partition coefficient (Wildman–Crippen LogP) is 3.01. The summed E-state index contributed by atoms with van der Waals surface area (Å²) in [4.78, 5) is 0. The molecule has 1 aliphatic rings. The van der Waals surface area contributed by atoms with Crippen LogP contribution in [0.3, 0.4) is 0 Å². The molecular formula is C18H22O6S. The highest BCUT2D eigenvalue weighted by Crippen LogP contribution is 2.31. The van der Waals surface area contributed by atoms with E-state index < -0.39 is 0 Å². The van der Waals surface area contributed by atoms with Crippen molar-refractivity contribution in [3.63, 3.8) is 0 Å². The summed E-state index contributed by atoms with van der Waals surface area (Å²) < 4.78 is 33.9. The first kappa shape index (κ1) is 17.8. The summed E-state index contributed by atoms with van der Waals surface area (Å²) in [6.07, 6.45) is 0. The van der Waals surface area contributed by atoms with Crippen LogP contribution in [0.1, 0.15) is 0 Å². The third-order valence-electron chi connectivity index (χ3n) is 3.38. The predicted molar refractivity (Wildman–Crippen MR) is 94.4 cm³/mol. The quantitative estimate of drug-likeness (QED) is 0.714. The SMILES string of the molecule is c1ccc2c(c1)OCCOCCOc1cscc1OCCOCCO2. The number of benzene rings is 1. The van der Waals surface area contributed by atoms with E-state index in [2.05, 4.69) is 0 Å². The average molecular weight is 366 g/mol. The second-order valence-corrected chi connectivity index (χ2v) is 5.91. The fourth-order valence-electron chi connectivity index (χ4n) is 2.22. The number of fused-ring (bicyclic) bond motifs is 2. The van der Waals surface area contributed by atoms with Crippen LogP contribution in [0.4, 0.5) is 0 Å². The van der Waals surface area contributed by atoms with Crippen LogP contribution in [-0.4, -0.2) is 52.9 Å². The highest BCUT2D eigenvalue weighted by atomic mass is 32.1. The molecule has 2 heterocycles. The largest absolute Gasteiger partial charge is 0.487 e. The topological polar surface area (TPSA) is 55.4 Å². The summed E-state index contributed by atoms with van der Waals surface area (Å²) in [5.41, 5.74) is 0. The third-order valence-corrected chi connectivity index (χ3v) is 4.08. The minimum absolute atomic E-state index is 0.448. The van der Waals surface area contributed by atoms with Crippen LogP contribution in [0.5, 0.6) is 23.0 Å². The van der Waals surface area contributed by atoms with E-state index in [9.17, 15) is 0 Å². The molecule has 0 N–H and O–H groups in total. The van der Waals surface area contributed by atoms with Gasteiger partial charge in [-0.05, 0) is 12.1 Å². The van der Waals surface area contributed by atoms with Gasteiger partial charge in [-0.2, -0.15) is 0 Å².